The second-order valence-electron chi connectivity index (χ2n) is 3.86. The molecule has 0 atom stereocenters. The maximum absolute atomic E-state index is 10.6. The van der Waals surface area contributed by atoms with Crippen LogP contribution in [0.25, 0.3) is 0 Å². The number of nitrogens with two attached hydrogens (primary N) is 1. The third-order valence-corrected chi connectivity index (χ3v) is 2.31. The summed E-state index contributed by atoms with van der Waals surface area (Å²) in [7, 11) is 0. The fourth-order valence-corrected chi connectivity index (χ4v) is 1.34. The average molecular weight is 191 g/mol. The van der Waals surface area contributed by atoms with Gasteiger partial charge in [0.05, 0.1) is 0 Å². The van der Waals surface area contributed by atoms with Gasteiger partial charge in [0.1, 0.15) is 0 Å². The van der Waals surface area contributed by atoms with E-state index in [4.69, 9.17) is 5.73 Å². The van der Waals surface area contributed by atoms with Gasteiger partial charge in [0.2, 0.25) is 5.91 Å². The van der Waals surface area contributed by atoms with Crippen LogP contribution in [0.2, 0.25) is 0 Å². The molecule has 2 nitrogen and oxygen atoms in total. The summed E-state index contributed by atoms with van der Waals surface area (Å²) in [6, 6.07) is 8.36. The number of carbonyl (C=O) groups is 1. The minimum absolute atomic E-state index is 0.238. The molecule has 2 heteroatoms. The number of benzene rings is 1. The Kier molecular flexibility index (Phi) is 3.69. The zero-order valence-corrected chi connectivity index (χ0v) is 8.79. The summed E-state index contributed by atoms with van der Waals surface area (Å²) in [4.78, 5) is 10.6. The number of rotatable bonds is 4. The molecule has 0 spiro atoms. The van der Waals surface area contributed by atoms with E-state index in [1.54, 1.807) is 0 Å². The van der Waals surface area contributed by atoms with Crippen LogP contribution >= 0.6 is 0 Å². The molecule has 0 aliphatic rings. The van der Waals surface area contributed by atoms with Gasteiger partial charge in [-0.05, 0) is 23.5 Å². The van der Waals surface area contributed by atoms with E-state index in [1.807, 2.05) is 0 Å². The van der Waals surface area contributed by atoms with Gasteiger partial charge in [-0.15, -0.1) is 0 Å². The van der Waals surface area contributed by atoms with Crippen LogP contribution in [0.3, 0.4) is 0 Å². The van der Waals surface area contributed by atoms with E-state index < -0.39 is 0 Å². The number of carbonyl (C=O) groups excluding carboxylic acids is 1. The molecule has 0 aromatic heterocycles. The summed E-state index contributed by atoms with van der Waals surface area (Å²) >= 11 is 0. The zero-order valence-electron chi connectivity index (χ0n) is 8.79. The first-order valence-electron chi connectivity index (χ1n) is 4.96. The van der Waals surface area contributed by atoms with Crippen molar-refractivity contribution in [2.75, 3.05) is 0 Å². The maximum atomic E-state index is 10.6. The van der Waals surface area contributed by atoms with Crippen LogP contribution < -0.4 is 5.73 Å². The highest BCUT2D eigenvalue weighted by Crippen LogP contribution is 2.15. The molecule has 0 aliphatic heterocycles. The van der Waals surface area contributed by atoms with Gasteiger partial charge in [0, 0.05) is 6.42 Å². The van der Waals surface area contributed by atoms with Gasteiger partial charge < -0.3 is 5.73 Å². The van der Waals surface area contributed by atoms with Crippen LogP contribution in [0.1, 0.15) is 37.3 Å². The molecule has 1 aromatic rings. The fraction of sp³-hybridized carbons (Fsp3) is 0.417. The highest BCUT2D eigenvalue weighted by molar-refractivity contribution is 5.73. The first-order chi connectivity index (χ1) is 6.59. The van der Waals surface area contributed by atoms with Crippen molar-refractivity contribution < 1.29 is 4.79 Å². The molecule has 14 heavy (non-hydrogen) atoms. The van der Waals surface area contributed by atoms with Crippen LogP contribution in [-0.4, -0.2) is 5.91 Å². The molecule has 1 amide bonds. The van der Waals surface area contributed by atoms with Crippen molar-refractivity contribution in [2.45, 2.75) is 32.6 Å². The first-order valence-corrected chi connectivity index (χ1v) is 4.96. The Morgan fingerprint density at radius 3 is 2.29 bits per heavy atom. The molecule has 0 unspecified atom stereocenters. The monoisotopic (exact) mass is 191 g/mol. The summed E-state index contributed by atoms with van der Waals surface area (Å²) in [5, 5.41) is 0. The van der Waals surface area contributed by atoms with Crippen LogP contribution in [0, 0.1) is 0 Å². The van der Waals surface area contributed by atoms with Crippen LogP contribution in [0.5, 0.6) is 0 Å². The predicted molar refractivity (Wildman–Crippen MR) is 58.0 cm³/mol. The van der Waals surface area contributed by atoms with E-state index in [1.165, 1.54) is 11.1 Å². The molecule has 0 saturated carbocycles. The molecule has 0 bridgehead atoms. The highest BCUT2D eigenvalue weighted by atomic mass is 16.1. The van der Waals surface area contributed by atoms with Crippen molar-refractivity contribution in [1.82, 2.24) is 0 Å². The molecular formula is C12H17NO. The molecule has 0 fully saturated rings. The van der Waals surface area contributed by atoms with E-state index in [2.05, 4.69) is 38.1 Å². The molecule has 0 heterocycles. The Morgan fingerprint density at radius 1 is 1.29 bits per heavy atom. The van der Waals surface area contributed by atoms with Gasteiger partial charge in [0.15, 0.2) is 0 Å². The normalized spacial score (nSPS) is 10.5. The van der Waals surface area contributed by atoms with Gasteiger partial charge in [-0.3, -0.25) is 4.79 Å². The van der Waals surface area contributed by atoms with Crippen molar-refractivity contribution in [3.05, 3.63) is 35.4 Å². The molecule has 2 N–H and O–H groups in total. The topological polar surface area (TPSA) is 43.1 Å². The Balaban J connectivity index is 2.59. The van der Waals surface area contributed by atoms with Gasteiger partial charge >= 0.3 is 0 Å². The van der Waals surface area contributed by atoms with Crippen molar-refractivity contribution in [1.29, 1.82) is 0 Å². The van der Waals surface area contributed by atoms with Crippen molar-refractivity contribution >= 4 is 5.91 Å². The fourth-order valence-electron chi connectivity index (χ4n) is 1.34. The molecular weight excluding hydrogens is 174 g/mol. The first kappa shape index (κ1) is 10.8. The van der Waals surface area contributed by atoms with Crippen molar-refractivity contribution in [3.8, 4) is 0 Å². The summed E-state index contributed by atoms with van der Waals surface area (Å²) < 4.78 is 0. The third kappa shape index (κ3) is 3.21. The predicted octanol–water partition coefficient (Wildman–Crippen LogP) is 2.23. The second kappa shape index (κ2) is 4.80. The molecule has 76 valence electrons. The van der Waals surface area contributed by atoms with E-state index in [0.29, 0.717) is 12.3 Å². The van der Waals surface area contributed by atoms with Gasteiger partial charge in [-0.2, -0.15) is 0 Å². The minimum atomic E-state index is -0.238. The van der Waals surface area contributed by atoms with Gasteiger partial charge in [-0.25, -0.2) is 0 Å². The van der Waals surface area contributed by atoms with Crippen LogP contribution in [0.4, 0.5) is 0 Å². The minimum Gasteiger partial charge on any atom is -0.370 e. The Morgan fingerprint density at radius 2 is 1.86 bits per heavy atom. The zero-order chi connectivity index (χ0) is 10.6. The van der Waals surface area contributed by atoms with E-state index in [-0.39, 0.29) is 5.91 Å². The highest BCUT2D eigenvalue weighted by Gasteiger charge is 2.00. The Labute approximate surface area is 85.1 Å². The number of hydrogen-bond donors (Lipinski definition) is 1. The number of amides is 1. The number of primary amides is 1. The van der Waals surface area contributed by atoms with E-state index in [0.717, 1.165) is 6.42 Å². The number of aryl methyl sites for hydroxylation is 1. The second-order valence-corrected chi connectivity index (χ2v) is 3.86. The number of hydrogen-bond acceptors (Lipinski definition) is 1. The lowest BCUT2D eigenvalue weighted by atomic mass is 10.0. The molecule has 1 rings (SSSR count). The SMILES string of the molecule is CC(C)c1ccc(CCC(N)=O)cc1. The Hall–Kier alpha value is -1.31. The molecule has 0 aliphatic carbocycles. The summed E-state index contributed by atoms with van der Waals surface area (Å²) in [5.41, 5.74) is 7.58. The molecule has 1 aromatic carbocycles. The van der Waals surface area contributed by atoms with Crippen LogP contribution in [0.15, 0.2) is 24.3 Å². The standard InChI is InChI=1S/C12H17NO/c1-9(2)11-6-3-10(4-7-11)5-8-12(13)14/h3-4,6-7,9H,5,8H2,1-2H3,(H2,13,14). The lowest BCUT2D eigenvalue weighted by Crippen LogP contribution is -2.11. The average Bonchev–Trinajstić information content (AvgIpc) is 2.15. The van der Waals surface area contributed by atoms with Crippen molar-refractivity contribution in [2.24, 2.45) is 5.73 Å². The lowest BCUT2D eigenvalue weighted by Gasteiger charge is -2.06. The van der Waals surface area contributed by atoms with Crippen LogP contribution in [-0.2, 0) is 11.2 Å². The maximum Gasteiger partial charge on any atom is 0.217 e. The largest absolute Gasteiger partial charge is 0.370 e. The van der Waals surface area contributed by atoms with Gasteiger partial charge in [0.25, 0.3) is 0 Å². The smallest absolute Gasteiger partial charge is 0.217 e. The summed E-state index contributed by atoms with van der Waals surface area (Å²) in [6.45, 7) is 4.33. The van der Waals surface area contributed by atoms with E-state index in [9.17, 15) is 4.79 Å². The van der Waals surface area contributed by atoms with Crippen molar-refractivity contribution in [3.63, 3.8) is 0 Å². The lowest BCUT2D eigenvalue weighted by molar-refractivity contribution is -0.117. The quantitative estimate of drug-likeness (QED) is 0.779. The van der Waals surface area contributed by atoms with E-state index >= 15 is 0 Å². The summed E-state index contributed by atoms with van der Waals surface area (Å²) in [5.74, 6) is 0.318. The molecule has 0 radical (unpaired) electrons. The third-order valence-electron chi connectivity index (χ3n) is 2.31. The Bertz CT molecular complexity index is 301. The summed E-state index contributed by atoms with van der Waals surface area (Å²) in [6.07, 6.45) is 1.18. The van der Waals surface area contributed by atoms with Gasteiger partial charge in [-0.1, -0.05) is 38.1 Å². The molecule has 0 saturated heterocycles.